The van der Waals surface area contributed by atoms with Crippen molar-refractivity contribution in [1.29, 1.82) is 0 Å². The van der Waals surface area contributed by atoms with Crippen LogP contribution >= 0.6 is 15.6 Å². The van der Waals surface area contributed by atoms with Gasteiger partial charge in [-0.25, -0.2) is 9.13 Å². The molecule has 0 radical (unpaired) electrons. The summed E-state index contributed by atoms with van der Waals surface area (Å²) in [6, 6.07) is 0. The lowest BCUT2D eigenvalue weighted by Gasteiger charge is -2.21. The van der Waals surface area contributed by atoms with E-state index in [4.69, 9.17) is 37.0 Å². The number of phosphoric ester groups is 2. The summed E-state index contributed by atoms with van der Waals surface area (Å²) in [4.78, 5) is 72.4. The Hall–Kier alpha value is -1.94. The molecular formula is C69H134O17P2. The number of ether oxygens (including phenoxy) is 4. The molecule has 0 aromatic carbocycles. The highest BCUT2D eigenvalue weighted by Gasteiger charge is 2.30. The third-order valence-electron chi connectivity index (χ3n) is 16.3. The summed E-state index contributed by atoms with van der Waals surface area (Å²) in [7, 11) is -9.89. The molecule has 0 amide bonds. The van der Waals surface area contributed by atoms with Crippen molar-refractivity contribution in [3.63, 3.8) is 0 Å². The Bertz CT molecular complexity index is 1720. The lowest BCUT2D eigenvalue weighted by atomic mass is 9.99. The van der Waals surface area contributed by atoms with Gasteiger partial charge in [0.25, 0.3) is 0 Å². The Morgan fingerprint density at radius 3 is 0.864 bits per heavy atom. The van der Waals surface area contributed by atoms with Gasteiger partial charge in [0.15, 0.2) is 12.2 Å². The molecule has 0 saturated carbocycles. The van der Waals surface area contributed by atoms with E-state index in [0.717, 1.165) is 115 Å². The Balaban J connectivity index is 5.22. The van der Waals surface area contributed by atoms with Crippen LogP contribution in [0.2, 0.25) is 0 Å². The first-order chi connectivity index (χ1) is 42.4. The number of aliphatic hydroxyl groups is 1. The van der Waals surface area contributed by atoms with Gasteiger partial charge in [-0.3, -0.25) is 37.3 Å². The van der Waals surface area contributed by atoms with E-state index < -0.39 is 97.5 Å². The maximum absolute atomic E-state index is 13.0. The summed E-state index contributed by atoms with van der Waals surface area (Å²) in [5.74, 6) is -0.602. The lowest BCUT2D eigenvalue weighted by Crippen LogP contribution is -2.30. The molecule has 0 aliphatic heterocycles. The summed E-state index contributed by atoms with van der Waals surface area (Å²) in [6.07, 6.45) is 45.8. The molecule has 0 rings (SSSR count). The van der Waals surface area contributed by atoms with E-state index in [1.807, 2.05) is 0 Å². The number of hydrogen-bond acceptors (Lipinski definition) is 15. The van der Waals surface area contributed by atoms with Crippen molar-refractivity contribution in [2.24, 2.45) is 11.8 Å². The van der Waals surface area contributed by atoms with Gasteiger partial charge in [-0.2, -0.15) is 0 Å². The van der Waals surface area contributed by atoms with Crippen LogP contribution in [0.4, 0.5) is 0 Å². The summed E-state index contributed by atoms with van der Waals surface area (Å²) in [5, 5.41) is 10.6. The minimum Gasteiger partial charge on any atom is -0.462 e. The van der Waals surface area contributed by atoms with Crippen molar-refractivity contribution >= 4 is 39.5 Å². The molecule has 3 unspecified atom stereocenters. The smallest absolute Gasteiger partial charge is 0.462 e. The molecule has 0 aromatic heterocycles. The number of hydrogen-bond donors (Lipinski definition) is 3. The van der Waals surface area contributed by atoms with Crippen molar-refractivity contribution < 1.29 is 80.2 Å². The van der Waals surface area contributed by atoms with Crippen LogP contribution in [-0.4, -0.2) is 96.7 Å². The van der Waals surface area contributed by atoms with Gasteiger partial charge in [-0.05, 0) is 37.5 Å². The average Bonchev–Trinajstić information content (AvgIpc) is 3.59. The number of carbonyl (C=O) groups is 4. The van der Waals surface area contributed by atoms with E-state index in [2.05, 4.69) is 41.5 Å². The van der Waals surface area contributed by atoms with E-state index >= 15 is 0 Å². The quantitative estimate of drug-likeness (QED) is 0.0222. The molecule has 19 heteroatoms. The highest BCUT2D eigenvalue weighted by molar-refractivity contribution is 7.47. The van der Waals surface area contributed by atoms with Crippen molar-refractivity contribution in [3.8, 4) is 0 Å². The normalized spacial score (nSPS) is 14.5. The van der Waals surface area contributed by atoms with Gasteiger partial charge in [0.05, 0.1) is 26.4 Å². The molecule has 3 N–H and O–H groups in total. The fourth-order valence-corrected chi connectivity index (χ4v) is 12.0. The predicted molar refractivity (Wildman–Crippen MR) is 354 cm³/mol. The summed E-state index contributed by atoms with van der Waals surface area (Å²) >= 11 is 0. The van der Waals surface area contributed by atoms with E-state index in [1.165, 1.54) is 154 Å². The van der Waals surface area contributed by atoms with Crippen LogP contribution < -0.4 is 0 Å². The molecule has 0 heterocycles. The molecule has 0 aromatic rings. The number of rotatable bonds is 68. The zero-order chi connectivity index (χ0) is 65.0. The molecule has 0 aliphatic rings. The van der Waals surface area contributed by atoms with Crippen molar-refractivity contribution in [1.82, 2.24) is 0 Å². The monoisotopic (exact) mass is 1300 g/mol. The first kappa shape index (κ1) is 86.1. The van der Waals surface area contributed by atoms with Crippen LogP contribution in [0.3, 0.4) is 0 Å². The maximum Gasteiger partial charge on any atom is 0.472 e. The first-order valence-corrected chi connectivity index (χ1v) is 39.0. The number of carbonyl (C=O) groups excluding carboxylic acids is 4. The SMILES string of the molecule is CCCCCCCCCCCCCCCCCCC(=O)O[C@H](COC(=O)CCCCCCCCCCCCC(C)C)COP(=O)(O)OC[C@@H](O)COP(=O)(O)OC[C@@H](COC(=O)CCCCCCCCC)OC(=O)CCCCCCCCCCC(C)CC. The standard InChI is InChI=1S/C69H134O17P2/c1-7-10-12-14-16-17-18-19-20-21-22-23-28-35-41-47-53-68(73)85-65(58-80-67(72)52-46-40-34-27-25-24-26-32-37-43-49-61(4)5)60-84-88(77,78)82-56-63(70)55-81-87(75,76)83-59-64(57-79-66(71)51-45-39-31-15-13-11-8-2)86-69(74)54-48-42-36-30-29-33-38-44-50-62(6)9-3/h61-65,70H,7-60H2,1-6H3,(H,75,76)(H,77,78)/t62?,63-,64+,65+/m0/s1. The van der Waals surface area contributed by atoms with Gasteiger partial charge in [-0.15, -0.1) is 0 Å². The Morgan fingerprint density at radius 1 is 0.330 bits per heavy atom. The summed E-state index contributed by atoms with van der Waals surface area (Å²) in [5.41, 5.74) is 0. The van der Waals surface area contributed by atoms with Gasteiger partial charge in [0, 0.05) is 25.7 Å². The zero-order valence-electron chi connectivity index (χ0n) is 57.0. The lowest BCUT2D eigenvalue weighted by molar-refractivity contribution is -0.161. The number of esters is 4. The highest BCUT2D eigenvalue weighted by atomic mass is 31.2. The van der Waals surface area contributed by atoms with Crippen molar-refractivity contribution in [2.45, 2.75) is 368 Å². The fourth-order valence-electron chi connectivity index (χ4n) is 10.4. The zero-order valence-corrected chi connectivity index (χ0v) is 58.8. The molecule has 17 nitrogen and oxygen atoms in total. The molecule has 88 heavy (non-hydrogen) atoms. The van der Waals surface area contributed by atoms with Crippen LogP contribution in [-0.2, 0) is 65.4 Å². The van der Waals surface area contributed by atoms with Gasteiger partial charge < -0.3 is 33.8 Å². The maximum atomic E-state index is 13.0. The molecule has 0 spiro atoms. The van der Waals surface area contributed by atoms with Crippen LogP contribution in [0.5, 0.6) is 0 Å². The molecule has 0 fully saturated rings. The third kappa shape index (κ3) is 61.6. The van der Waals surface area contributed by atoms with E-state index in [0.29, 0.717) is 25.7 Å². The summed E-state index contributed by atoms with van der Waals surface area (Å²) in [6.45, 7) is 9.49. The van der Waals surface area contributed by atoms with E-state index in [9.17, 15) is 43.2 Å². The Labute approximate surface area is 537 Å². The predicted octanol–water partition coefficient (Wildman–Crippen LogP) is 19.6. The Morgan fingerprint density at radius 2 is 0.580 bits per heavy atom. The number of phosphoric acid groups is 2. The number of aliphatic hydroxyl groups excluding tert-OH is 1. The van der Waals surface area contributed by atoms with Crippen molar-refractivity contribution in [2.75, 3.05) is 39.6 Å². The molecule has 522 valence electrons. The molecule has 0 saturated heterocycles. The highest BCUT2D eigenvalue weighted by Crippen LogP contribution is 2.45. The second-order valence-corrected chi connectivity index (χ2v) is 28.5. The average molecular weight is 1300 g/mol. The van der Waals surface area contributed by atoms with Gasteiger partial charge in [0.2, 0.25) is 0 Å². The van der Waals surface area contributed by atoms with Gasteiger partial charge >= 0.3 is 39.5 Å². The van der Waals surface area contributed by atoms with Crippen LogP contribution in [0, 0.1) is 11.8 Å². The molecular weight excluding hydrogens is 1160 g/mol. The van der Waals surface area contributed by atoms with Gasteiger partial charge in [0.1, 0.15) is 19.3 Å². The van der Waals surface area contributed by atoms with Crippen LogP contribution in [0.1, 0.15) is 350 Å². The minimum absolute atomic E-state index is 0.105. The van der Waals surface area contributed by atoms with Crippen LogP contribution in [0.25, 0.3) is 0 Å². The molecule has 0 aliphatic carbocycles. The topological polar surface area (TPSA) is 237 Å². The largest absolute Gasteiger partial charge is 0.472 e. The van der Waals surface area contributed by atoms with E-state index in [1.54, 1.807) is 0 Å². The van der Waals surface area contributed by atoms with E-state index in [-0.39, 0.29) is 25.7 Å². The first-order valence-electron chi connectivity index (χ1n) is 36.0. The third-order valence-corrected chi connectivity index (χ3v) is 18.2. The molecule has 6 atom stereocenters. The molecule has 0 bridgehead atoms. The minimum atomic E-state index is -4.95. The second kappa shape index (κ2) is 61.3. The van der Waals surface area contributed by atoms with Gasteiger partial charge in [-0.1, -0.05) is 298 Å². The van der Waals surface area contributed by atoms with Crippen molar-refractivity contribution in [3.05, 3.63) is 0 Å². The second-order valence-electron chi connectivity index (χ2n) is 25.6. The Kier molecular flexibility index (Phi) is 59.9. The summed E-state index contributed by atoms with van der Waals surface area (Å²) < 4.78 is 68.2. The van der Waals surface area contributed by atoms with Crippen LogP contribution in [0.15, 0.2) is 0 Å². The number of unbranched alkanes of at least 4 members (excludes halogenated alkanes) is 37. The fraction of sp³-hybridized carbons (Fsp3) is 0.942.